The molecule has 0 spiro atoms. The first kappa shape index (κ1) is 15.0. The molecule has 5 nitrogen and oxygen atoms in total. The van der Waals surface area contributed by atoms with Crippen LogP contribution >= 0.6 is 0 Å². The van der Waals surface area contributed by atoms with Crippen LogP contribution in [0.1, 0.15) is 31.7 Å². The Hall–Kier alpha value is -0.880. The van der Waals surface area contributed by atoms with Crippen molar-refractivity contribution in [1.29, 1.82) is 0 Å². The van der Waals surface area contributed by atoms with Crippen LogP contribution in [0.5, 0.6) is 0 Å². The predicted molar refractivity (Wildman–Crippen MR) is 82.9 cm³/mol. The van der Waals surface area contributed by atoms with Crippen molar-refractivity contribution in [2.24, 2.45) is 11.8 Å². The summed E-state index contributed by atoms with van der Waals surface area (Å²) in [5, 5.41) is 7.91. The molecule has 2 heterocycles. The van der Waals surface area contributed by atoms with Gasteiger partial charge in [-0.2, -0.15) is 5.10 Å². The quantitative estimate of drug-likeness (QED) is 0.823. The van der Waals surface area contributed by atoms with Gasteiger partial charge in [0.25, 0.3) is 0 Å². The Kier molecular flexibility index (Phi) is 4.36. The van der Waals surface area contributed by atoms with Crippen LogP contribution in [0, 0.1) is 11.8 Å². The van der Waals surface area contributed by atoms with Gasteiger partial charge >= 0.3 is 0 Å². The van der Waals surface area contributed by atoms with Gasteiger partial charge < -0.3 is 5.32 Å². The molecule has 1 aliphatic carbocycles. The van der Waals surface area contributed by atoms with Crippen molar-refractivity contribution in [2.45, 2.75) is 45.2 Å². The lowest BCUT2D eigenvalue weighted by atomic mass is 9.87. The first-order chi connectivity index (χ1) is 10.1. The monoisotopic (exact) mass is 311 g/mol. The van der Waals surface area contributed by atoms with Crippen LogP contribution in [-0.2, 0) is 22.8 Å². The van der Waals surface area contributed by atoms with E-state index in [1.165, 1.54) is 18.4 Å². The second-order valence-electron chi connectivity index (χ2n) is 6.51. The fraction of sp³-hybridized carbons (Fsp3) is 0.800. The zero-order valence-electron chi connectivity index (χ0n) is 12.7. The molecule has 0 bridgehead atoms. The average Bonchev–Trinajstić information content (AvgIpc) is 3.05. The summed E-state index contributed by atoms with van der Waals surface area (Å²) in [7, 11) is -2.80. The Labute approximate surface area is 127 Å². The maximum Gasteiger partial charge on any atom is 0.150 e. The van der Waals surface area contributed by atoms with Crippen molar-refractivity contribution in [3.05, 3.63) is 18.0 Å². The van der Waals surface area contributed by atoms with Gasteiger partial charge in [-0.1, -0.05) is 0 Å². The minimum Gasteiger partial charge on any atom is -0.314 e. The molecule has 1 aliphatic heterocycles. The molecule has 1 aromatic rings. The summed E-state index contributed by atoms with van der Waals surface area (Å²) in [5.41, 5.74) is 1.23. The lowest BCUT2D eigenvalue weighted by Crippen LogP contribution is -2.31. The number of rotatable bonds is 7. The van der Waals surface area contributed by atoms with Gasteiger partial charge in [-0.3, -0.25) is 4.68 Å². The predicted octanol–water partition coefficient (Wildman–Crippen LogP) is 1.25. The van der Waals surface area contributed by atoms with Gasteiger partial charge in [0, 0.05) is 18.8 Å². The van der Waals surface area contributed by atoms with Crippen molar-refractivity contribution in [2.75, 3.05) is 18.1 Å². The third kappa shape index (κ3) is 4.07. The summed E-state index contributed by atoms with van der Waals surface area (Å²) in [5.74, 6) is 1.43. The second-order valence-corrected chi connectivity index (χ2v) is 8.74. The fourth-order valence-electron chi connectivity index (χ4n) is 3.19. The van der Waals surface area contributed by atoms with Gasteiger partial charge in [0.1, 0.15) is 0 Å². The maximum absolute atomic E-state index is 11.8. The molecule has 0 amide bonds. The number of aromatic nitrogens is 2. The third-order valence-corrected chi connectivity index (χ3v) is 6.48. The van der Waals surface area contributed by atoms with Gasteiger partial charge in [-0.05, 0) is 56.6 Å². The molecule has 0 radical (unpaired) electrons. The van der Waals surface area contributed by atoms with Crippen molar-refractivity contribution in [3.8, 4) is 0 Å². The number of sulfone groups is 1. The average molecular weight is 311 g/mol. The zero-order valence-corrected chi connectivity index (χ0v) is 13.5. The Morgan fingerprint density at radius 1 is 1.43 bits per heavy atom. The van der Waals surface area contributed by atoms with E-state index < -0.39 is 9.84 Å². The Balaban J connectivity index is 1.65. The molecule has 3 rings (SSSR count). The molecule has 2 aliphatic rings. The highest BCUT2D eigenvalue weighted by Crippen LogP contribution is 2.29. The molecule has 118 valence electrons. The molecular formula is C15H25N3O2S. The van der Waals surface area contributed by atoms with E-state index in [0.717, 1.165) is 25.9 Å². The van der Waals surface area contributed by atoms with Gasteiger partial charge in [0.2, 0.25) is 0 Å². The van der Waals surface area contributed by atoms with Crippen LogP contribution in [-0.4, -0.2) is 42.3 Å². The fourth-order valence-corrected chi connectivity index (χ4v) is 5.11. The number of nitrogens with one attached hydrogen (secondary N) is 1. The first-order valence-corrected chi connectivity index (χ1v) is 9.83. The number of hydrogen-bond acceptors (Lipinski definition) is 4. The molecule has 1 saturated heterocycles. The summed E-state index contributed by atoms with van der Waals surface area (Å²) < 4.78 is 25.5. The van der Waals surface area contributed by atoms with Crippen molar-refractivity contribution < 1.29 is 8.42 Å². The largest absolute Gasteiger partial charge is 0.314 e. The van der Waals surface area contributed by atoms with E-state index >= 15 is 0 Å². The van der Waals surface area contributed by atoms with Crippen molar-refractivity contribution in [1.82, 2.24) is 15.1 Å². The highest BCUT2D eigenvalue weighted by molar-refractivity contribution is 7.91. The Morgan fingerprint density at radius 3 is 2.81 bits per heavy atom. The summed E-state index contributed by atoms with van der Waals surface area (Å²) in [6, 6.07) is 0.670. The minimum atomic E-state index is -2.80. The van der Waals surface area contributed by atoms with E-state index in [-0.39, 0.29) is 0 Å². The Bertz CT molecular complexity index is 577. The van der Waals surface area contributed by atoms with Crippen LogP contribution < -0.4 is 5.32 Å². The van der Waals surface area contributed by atoms with Crippen molar-refractivity contribution in [3.63, 3.8) is 0 Å². The van der Waals surface area contributed by atoms with Crippen LogP contribution in [0.25, 0.3) is 0 Å². The summed E-state index contributed by atoms with van der Waals surface area (Å²) in [6.45, 7) is 3.89. The van der Waals surface area contributed by atoms with Crippen LogP contribution in [0.2, 0.25) is 0 Å². The minimum absolute atomic E-state index is 0.297. The number of nitrogens with zero attached hydrogens (tertiary/aromatic N) is 2. The number of hydrogen-bond donors (Lipinski definition) is 1. The van der Waals surface area contributed by atoms with Gasteiger partial charge in [0.05, 0.1) is 17.7 Å². The van der Waals surface area contributed by atoms with E-state index in [4.69, 9.17) is 0 Å². The zero-order chi connectivity index (χ0) is 14.9. The van der Waals surface area contributed by atoms with Gasteiger partial charge in [-0.25, -0.2) is 8.42 Å². The third-order valence-electron chi connectivity index (χ3n) is 4.69. The standard InChI is InChI=1S/C15H25N3O2S/c1-2-18-10-12(8-17-18)7-14(9-16-15-3-4-15)13-5-6-21(19,20)11-13/h8,10,13-16H,2-7,9,11H2,1H3. The SMILES string of the molecule is CCn1cc(CC(CNC2CC2)C2CCS(=O)(=O)C2)cn1. The smallest absolute Gasteiger partial charge is 0.150 e. The van der Waals surface area contributed by atoms with Crippen LogP contribution in [0.3, 0.4) is 0 Å². The highest BCUT2D eigenvalue weighted by Gasteiger charge is 2.34. The van der Waals surface area contributed by atoms with E-state index in [0.29, 0.717) is 29.4 Å². The molecule has 1 N–H and O–H groups in total. The van der Waals surface area contributed by atoms with Crippen LogP contribution in [0.15, 0.2) is 12.4 Å². The van der Waals surface area contributed by atoms with E-state index in [9.17, 15) is 8.42 Å². The summed E-state index contributed by atoms with van der Waals surface area (Å²) >= 11 is 0. The van der Waals surface area contributed by atoms with Gasteiger partial charge in [0.15, 0.2) is 9.84 Å². The topological polar surface area (TPSA) is 64.0 Å². The van der Waals surface area contributed by atoms with Gasteiger partial charge in [-0.15, -0.1) is 0 Å². The van der Waals surface area contributed by atoms with Crippen LogP contribution in [0.4, 0.5) is 0 Å². The molecule has 2 fully saturated rings. The van der Waals surface area contributed by atoms with E-state index in [2.05, 4.69) is 23.5 Å². The second kappa shape index (κ2) is 6.08. The first-order valence-electron chi connectivity index (χ1n) is 8.01. The normalized spacial score (nSPS) is 26.0. The molecule has 2 atom stereocenters. The summed E-state index contributed by atoms with van der Waals surface area (Å²) in [6.07, 6.45) is 8.30. The van der Waals surface area contributed by atoms with E-state index in [1.807, 2.05) is 10.9 Å². The molecule has 21 heavy (non-hydrogen) atoms. The molecule has 6 heteroatoms. The lowest BCUT2D eigenvalue weighted by molar-refractivity contribution is 0.342. The molecule has 0 aromatic carbocycles. The molecule has 1 saturated carbocycles. The molecule has 1 aromatic heterocycles. The number of aryl methyl sites for hydroxylation is 1. The maximum atomic E-state index is 11.8. The lowest BCUT2D eigenvalue weighted by Gasteiger charge is -2.22. The highest BCUT2D eigenvalue weighted by atomic mass is 32.2. The molecule has 2 unspecified atom stereocenters. The van der Waals surface area contributed by atoms with Crippen molar-refractivity contribution >= 4 is 9.84 Å². The molecular weight excluding hydrogens is 286 g/mol. The Morgan fingerprint density at radius 2 is 2.24 bits per heavy atom. The van der Waals surface area contributed by atoms with E-state index in [1.54, 1.807) is 0 Å². The summed E-state index contributed by atoms with van der Waals surface area (Å²) in [4.78, 5) is 0.